The second-order valence-electron chi connectivity index (χ2n) is 7.86. The SMILES string of the molecule is CCNC(=NCc1ccc(OCCO)c(OC)c1)NC1CCC(c2ccccc2)CC1. The summed E-state index contributed by atoms with van der Waals surface area (Å²) >= 11 is 0. The molecule has 168 valence electrons. The summed E-state index contributed by atoms with van der Waals surface area (Å²) in [5.41, 5.74) is 2.50. The number of rotatable bonds is 9. The van der Waals surface area contributed by atoms with Crippen LogP contribution in [0.2, 0.25) is 0 Å². The molecule has 6 nitrogen and oxygen atoms in total. The Kier molecular flexibility index (Phi) is 9.03. The van der Waals surface area contributed by atoms with E-state index in [-0.39, 0.29) is 13.2 Å². The van der Waals surface area contributed by atoms with Crippen molar-refractivity contribution in [2.45, 2.75) is 51.1 Å². The predicted octanol–water partition coefficient (Wildman–Crippen LogP) is 3.85. The van der Waals surface area contributed by atoms with E-state index in [1.807, 2.05) is 18.2 Å². The van der Waals surface area contributed by atoms with Crippen LogP contribution in [-0.2, 0) is 6.54 Å². The fourth-order valence-corrected chi connectivity index (χ4v) is 4.07. The van der Waals surface area contributed by atoms with Crippen molar-refractivity contribution < 1.29 is 14.6 Å². The second-order valence-corrected chi connectivity index (χ2v) is 7.86. The molecule has 2 aromatic carbocycles. The van der Waals surface area contributed by atoms with Gasteiger partial charge in [0.25, 0.3) is 0 Å². The van der Waals surface area contributed by atoms with E-state index in [0.29, 0.717) is 30.0 Å². The molecule has 6 heteroatoms. The number of nitrogens with one attached hydrogen (secondary N) is 2. The molecule has 0 aliphatic heterocycles. The van der Waals surface area contributed by atoms with Crippen LogP contribution in [0.15, 0.2) is 53.5 Å². The summed E-state index contributed by atoms with van der Waals surface area (Å²) in [5, 5.41) is 15.9. The molecule has 0 unspecified atom stereocenters. The van der Waals surface area contributed by atoms with E-state index >= 15 is 0 Å². The summed E-state index contributed by atoms with van der Waals surface area (Å²) in [6, 6.07) is 17.1. The van der Waals surface area contributed by atoms with Gasteiger partial charge in [-0.1, -0.05) is 36.4 Å². The van der Waals surface area contributed by atoms with Crippen molar-refractivity contribution in [2.24, 2.45) is 4.99 Å². The van der Waals surface area contributed by atoms with E-state index in [0.717, 1.165) is 30.9 Å². The van der Waals surface area contributed by atoms with Crippen molar-refractivity contribution in [1.29, 1.82) is 0 Å². The Balaban J connectivity index is 1.57. The Morgan fingerprint density at radius 2 is 1.84 bits per heavy atom. The van der Waals surface area contributed by atoms with Crippen LogP contribution in [0.3, 0.4) is 0 Å². The lowest BCUT2D eigenvalue weighted by atomic mass is 9.82. The lowest BCUT2D eigenvalue weighted by Crippen LogP contribution is -2.44. The Morgan fingerprint density at radius 1 is 1.06 bits per heavy atom. The Labute approximate surface area is 185 Å². The fraction of sp³-hybridized carbons (Fsp3) is 0.480. The fourth-order valence-electron chi connectivity index (χ4n) is 4.07. The normalized spacial score (nSPS) is 19.0. The third kappa shape index (κ3) is 6.89. The molecule has 1 saturated carbocycles. The highest BCUT2D eigenvalue weighted by molar-refractivity contribution is 5.80. The highest BCUT2D eigenvalue weighted by atomic mass is 16.5. The number of hydrogen-bond donors (Lipinski definition) is 3. The van der Waals surface area contributed by atoms with Crippen molar-refractivity contribution >= 4 is 5.96 Å². The van der Waals surface area contributed by atoms with Gasteiger partial charge in [0.2, 0.25) is 0 Å². The highest BCUT2D eigenvalue weighted by Gasteiger charge is 2.22. The third-order valence-electron chi connectivity index (χ3n) is 5.68. The first-order valence-electron chi connectivity index (χ1n) is 11.2. The number of hydrogen-bond acceptors (Lipinski definition) is 4. The van der Waals surface area contributed by atoms with E-state index in [1.54, 1.807) is 7.11 Å². The number of methoxy groups -OCH3 is 1. The average Bonchev–Trinajstić information content (AvgIpc) is 2.82. The van der Waals surface area contributed by atoms with Crippen LogP contribution < -0.4 is 20.1 Å². The van der Waals surface area contributed by atoms with Crippen molar-refractivity contribution in [3.63, 3.8) is 0 Å². The number of aliphatic hydroxyl groups excluding tert-OH is 1. The van der Waals surface area contributed by atoms with Crippen LogP contribution in [0.4, 0.5) is 0 Å². The van der Waals surface area contributed by atoms with Gasteiger partial charge in [-0.15, -0.1) is 0 Å². The standard InChI is InChI=1S/C25H35N3O3/c1-3-26-25(27-18-19-9-14-23(31-16-15-29)24(17-19)30-2)28-22-12-10-21(11-13-22)20-7-5-4-6-8-20/h4-9,14,17,21-22,29H,3,10-13,15-16,18H2,1-2H3,(H2,26,27,28). The largest absolute Gasteiger partial charge is 0.493 e. The first-order chi connectivity index (χ1) is 15.2. The number of aliphatic hydroxyl groups is 1. The molecule has 0 saturated heterocycles. The van der Waals surface area contributed by atoms with Gasteiger partial charge in [-0.05, 0) is 61.8 Å². The maximum absolute atomic E-state index is 8.95. The van der Waals surface area contributed by atoms with E-state index in [9.17, 15) is 0 Å². The topological polar surface area (TPSA) is 75.1 Å². The van der Waals surface area contributed by atoms with Gasteiger partial charge >= 0.3 is 0 Å². The van der Waals surface area contributed by atoms with Crippen LogP contribution in [-0.4, -0.2) is 44.0 Å². The van der Waals surface area contributed by atoms with E-state index in [4.69, 9.17) is 19.6 Å². The van der Waals surface area contributed by atoms with E-state index in [2.05, 4.69) is 47.9 Å². The zero-order valence-corrected chi connectivity index (χ0v) is 18.6. The van der Waals surface area contributed by atoms with Crippen LogP contribution in [0.5, 0.6) is 11.5 Å². The second kappa shape index (κ2) is 12.2. The van der Waals surface area contributed by atoms with Crippen molar-refractivity contribution in [1.82, 2.24) is 10.6 Å². The summed E-state index contributed by atoms with van der Waals surface area (Å²) in [4.78, 5) is 4.78. The number of guanidine groups is 1. The lowest BCUT2D eigenvalue weighted by molar-refractivity contribution is 0.196. The van der Waals surface area contributed by atoms with Gasteiger partial charge < -0.3 is 25.2 Å². The maximum Gasteiger partial charge on any atom is 0.191 e. The minimum Gasteiger partial charge on any atom is -0.493 e. The molecule has 0 aromatic heterocycles. The number of ether oxygens (including phenoxy) is 2. The van der Waals surface area contributed by atoms with Gasteiger partial charge in [-0.3, -0.25) is 0 Å². The zero-order valence-electron chi connectivity index (χ0n) is 18.6. The molecule has 1 aliphatic rings. The average molecular weight is 426 g/mol. The molecule has 1 fully saturated rings. The van der Waals surface area contributed by atoms with Gasteiger partial charge in [-0.25, -0.2) is 4.99 Å². The number of benzene rings is 2. The molecule has 0 bridgehead atoms. The summed E-state index contributed by atoms with van der Waals surface area (Å²) in [6.45, 7) is 3.67. The zero-order chi connectivity index (χ0) is 21.9. The molecule has 1 aliphatic carbocycles. The van der Waals surface area contributed by atoms with Gasteiger partial charge in [-0.2, -0.15) is 0 Å². The molecule has 0 atom stereocenters. The summed E-state index contributed by atoms with van der Waals surface area (Å²) < 4.78 is 10.9. The molecule has 31 heavy (non-hydrogen) atoms. The molecule has 0 amide bonds. The maximum atomic E-state index is 8.95. The van der Waals surface area contributed by atoms with Crippen molar-refractivity contribution in [2.75, 3.05) is 26.9 Å². The lowest BCUT2D eigenvalue weighted by Gasteiger charge is -2.30. The molecular weight excluding hydrogens is 390 g/mol. The van der Waals surface area contributed by atoms with Gasteiger partial charge in [0.05, 0.1) is 20.3 Å². The summed E-state index contributed by atoms with van der Waals surface area (Å²) in [7, 11) is 1.62. The summed E-state index contributed by atoms with van der Waals surface area (Å²) in [5.74, 6) is 2.80. The molecular formula is C25H35N3O3. The van der Waals surface area contributed by atoms with E-state index < -0.39 is 0 Å². The van der Waals surface area contributed by atoms with E-state index in [1.165, 1.54) is 18.4 Å². The Hall–Kier alpha value is -2.73. The molecule has 2 aromatic rings. The smallest absolute Gasteiger partial charge is 0.191 e. The van der Waals surface area contributed by atoms with Gasteiger partial charge in [0.1, 0.15) is 6.61 Å². The predicted molar refractivity (Wildman–Crippen MR) is 125 cm³/mol. The quantitative estimate of drug-likeness (QED) is 0.420. The molecule has 0 heterocycles. The van der Waals surface area contributed by atoms with Crippen LogP contribution >= 0.6 is 0 Å². The van der Waals surface area contributed by atoms with Gasteiger partial charge in [0.15, 0.2) is 17.5 Å². The Morgan fingerprint density at radius 3 is 2.52 bits per heavy atom. The molecule has 0 radical (unpaired) electrons. The van der Waals surface area contributed by atoms with Gasteiger partial charge in [0, 0.05) is 12.6 Å². The van der Waals surface area contributed by atoms with Crippen molar-refractivity contribution in [3.05, 3.63) is 59.7 Å². The highest BCUT2D eigenvalue weighted by Crippen LogP contribution is 2.32. The van der Waals surface area contributed by atoms with Crippen LogP contribution in [0, 0.1) is 0 Å². The first-order valence-corrected chi connectivity index (χ1v) is 11.2. The Bertz CT molecular complexity index is 818. The van der Waals surface area contributed by atoms with Crippen LogP contribution in [0.25, 0.3) is 0 Å². The minimum atomic E-state index is -0.0276. The number of aliphatic imine (C=N–C) groups is 1. The molecule has 3 N–H and O–H groups in total. The monoisotopic (exact) mass is 425 g/mol. The summed E-state index contributed by atoms with van der Waals surface area (Å²) in [6.07, 6.45) is 4.70. The molecule has 0 spiro atoms. The molecule has 3 rings (SSSR count). The van der Waals surface area contributed by atoms with Crippen LogP contribution in [0.1, 0.15) is 49.7 Å². The minimum absolute atomic E-state index is 0.0276. The first kappa shape index (κ1) is 22.9. The third-order valence-corrected chi connectivity index (χ3v) is 5.68. The number of nitrogens with zero attached hydrogens (tertiary/aromatic N) is 1. The van der Waals surface area contributed by atoms with Crippen molar-refractivity contribution in [3.8, 4) is 11.5 Å².